The molecule has 0 aliphatic carbocycles. The van der Waals surface area contributed by atoms with E-state index in [1.807, 2.05) is 35.7 Å². The Kier molecular flexibility index (Phi) is 7.60. The molecule has 1 aliphatic heterocycles. The van der Waals surface area contributed by atoms with Crippen molar-refractivity contribution in [1.29, 1.82) is 0 Å². The molecule has 0 radical (unpaired) electrons. The second-order valence-electron chi connectivity index (χ2n) is 7.09. The zero-order valence-corrected chi connectivity index (χ0v) is 17.6. The topological polar surface area (TPSA) is 80.8 Å². The number of thiazole rings is 1. The van der Waals surface area contributed by atoms with Crippen LogP contribution in [-0.4, -0.2) is 48.4 Å². The lowest BCUT2D eigenvalue weighted by atomic mass is 10.0. The lowest BCUT2D eigenvalue weighted by Crippen LogP contribution is -2.43. The molecule has 0 bridgehead atoms. The molecule has 2 amide bonds. The van der Waals surface area contributed by atoms with Crippen molar-refractivity contribution in [2.45, 2.75) is 38.5 Å². The minimum Gasteiger partial charge on any atom is -0.419 e. The number of carbonyl (C=O) groups excluding carboxylic acids is 2. The van der Waals surface area contributed by atoms with E-state index in [4.69, 9.17) is 9.47 Å². The average molecular weight is 418 g/mol. The van der Waals surface area contributed by atoms with E-state index in [9.17, 15) is 9.59 Å². The van der Waals surface area contributed by atoms with Crippen LogP contribution < -0.4 is 5.32 Å². The standard InChI is InChI=1S/C21H27N3O4S/c1-15(20(27-2)28-21(26)24-11-6-7-12-24)18(25)23-17(19-22-10-13-29-19)14-16-8-4-3-5-9-16/h3-5,8-10,13,15,17,20H,6-7,11-12,14H2,1-2H3,(H,23,25)/t15-,17-,20+/m0/s1. The Morgan fingerprint density at radius 2 is 1.97 bits per heavy atom. The molecule has 1 aromatic heterocycles. The van der Waals surface area contributed by atoms with E-state index in [-0.39, 0.29) is 11.9 Å². The van der Waals surface area contributed by atoms with Crippen molar-refractivity contribution in [2.24, 2.45) is 5.92 Å². The summed E-state index contributed by atoms with van der Waals surface area (Å²) in [5, 5.41) is 5.77. The van der Waals surface area contributed by atoms with Crippen LogP contribution in [0.2, 0.25) is 0 Å². The zero-order chi connectivity index (χ0) is 20.6. The fourth-order valence-electron chi connectivity index (χ4n) is 3.31. The molecule has 1 saturated heterocycles. The Morgan fingerprint density at radius 3 is 2.59 bits per heavy atom. The summed E-state index contributed by atoms with van der Waals surface area (Å²) in [6.45, 7) is 3.06. The predicted octanol–water partition coefficient (Wildman–Crippen LogP) is 3.38. The van der Waals surface area contributed by atoms with Crippen molar-refractivity contribution in [3.05, 3.63) is 52.5 Å². The van der Waals surface area contributed by atoms with Crippen LogP contribution in [0, 0.1) is 5.92 Å². The van der Waals surface area contributed by atoms with Crippen molar-refractivity contribution < 1.29 is 19.1 Å². The summed E-state index contributed by atoms with van der Waals surface area (Å²) in [5.74, 6) is -0.910. The lowest BCUT2D eigenvalue weighted by molar-refractivity contribution is -0.149. The zero-order valence-electron chi connectivity index (χ0n) is 16.7. The number of hydrogen-bond acceptors (Lipinski definition) is 6. The Bertz CT molecular complexity index is 778. The average Bonchev–Trinajstić information content (AvgIpc) is 3.46. The number of aromatic nitrogens is 1. The maximum Gasteiger partial charge on any atom is 0.412 e. The van der Waals surface area contributed by atoms with E-state index < -0.39 is 18.3 Å². The van der Waals surface area contributed by atoms with Crippen LogP contribution in [-0.2, 0) is 20.7 Å². The van der Waals surface area contributed by atoms with Gasteiger partial charge in [-0.15, -0.1) is 11.3 Å². The van der Waals surface area contributed by atoms with Gasteiger partial charge in [0.2, 0.25) is 12.2 Å². The number of rotatable bonds is 8. The Balaban J connectivity index is 1.64. The normalized spacial score (nSPS) is 16.8. The van der Waals surface area contributed by atoms with E-state index in [2.05, 4.69) is 10.3 Å². The molecule has 156 valence electrons. The van der Waals surface area contributed by atoms with E-state index in [0.29, 0.717) is 19.5 Å². The highest BCUT2D eigenvalue weighted by atomic mass is 32.1. The minimum absolute atomic E-state index is 0.248. The molecule has 3 atom stereocenters. The van der Waals surface area contributed by atoms with Crippen molar-refractivity contribution in [3.63, 3.8) is 0 Å². The SMILES string of the molecule is CO[C@H](OC(=O)N1CCCC1)[C@@H](C)C(=O)N[C@@H](Cc1ccccc1)c1nccs1. The van der Waals surface area contributed by atoms with E-state index in [0.717, 1.165) is 23.4 Å². The van der Waals surface area contributed by atoms with Gasteiger partial charge in [-0.1, -0.05) is 30.3 Å². The highest BCUT2D eigenvalue weighted by Gasteiger charge is 2.31. The van der Waals surface area contributed by atoms with Gasteiger partial charge in [-0.3, -0.25) is 4.79 Å². The molecule has 3 rings (SSSR count). The fourth-order valence-corrected chi connectivity index (χ4v) is 4.00. The molecule has 29 heavy (non-hydrogen) atoms. The first kappa shape index (κ1) is 21.3. The summed E-state index contributed by atoms with van der Waals surface area (Å²) >= 11 is 1.50. The monoisotopic (exact) mass is 417 g/mol. The summed E-state index contributed by atoms with van der Waals surface area (Å²) in [6.07, 6.45) is 2.91. The molecule has 0 spiro atoms. The highest BCUT2D eigenvalue weighted by Crippen LogP contribution is 2.22. The van der Waals surface area contributed by atoms with Gasteiger partial charge in [0.15, 0.2) is 0 Å². The van der Waals surface area contributed by atoms with Crippen LogP contribution >= 0.6 is 11.3 Å². The molecule has 2 aromatic rings. The molecule has 0 saturated carbocycles. The van der Waals surface area contributed by atoms with E-state index >= 15 is 0 Å². The minimum atomic E-state index is -0.947. The van der Waals surface area contributed by atoms with Gasteiger partial charge in [0, 0.05) is 31.8 Å². The summed E-state index contributed by atoms with van der Waals surface area (Å²) in [5.41, 5.74) is 1.10. The third-order valence-electron chi connectivity index (χ3n) is 4.98. The van der Waals surface area contributed by atoms with Crippen LogP contribution in [0.1, 0.15) is 36.4 Å². The van der Waals surface area contributed by atoms with Gasteiger partial charge in [0.25, 0.3) is 0 Å². The van der Waals surface area contributed by atoms with Crippen LogP contribution in [0.5, 0.6) is 0 Å². The summed E-state index contributed by atoms with van der Waals surface area (Å²) < 4.78 is 10.8. The number of nitrogens with zero attached hydrogens (tertiary/aromatic N) is 2. The van der Waals surface area contributed by atoms with Crippen LogP contribution in [0.3, 0.4) is 0 Å². The Hall–Kier alpha value is -2.45. The number of amides is 2. The quantitative estimate of drug-likeness (QED) is 0.666. The maximum atomic E-state index is 12.9. The van der Waals surface area contributed by atoms with Gasteiger partial charge in [-0.25, -0.2) is 9.78 Å². The molecule has 0 unspecified atom stereocenters. The number of likely N-dealkylation sites (tertiary alicyclic amines) is 1. The number of carbonyl (C=O) groups is 2. The first-order valence-electron chi connectivity index (χ1n) is 9.80. The van der Waals surface area contributed by atoms with Gasteiger partial charge >= 0.3 is 6.09 Å². The first-order valence-corrected chi connectivity index (χ1v) is 10.7. The molecular weight excluding hydrogens is 390 g/mol. The van der Waals surface area contributed by atoms with Crippen molar-refractivity contribution in [2.75, 3.05) is 20.2 Å². The summed E-state index contributed by atoms with van der Waals surface area (Å²) in [4.78, 5) is 31.2. The van der Waals surface area contributed by atoms with Gasteiger partial charge in [-0.05, 0) is 31.7 Å². The summed E-state index contributed by atoms with van der Waals surface area (Å²) in [6, 6.07) is 9.67. The Labute approximate surface area is 175 Å². The van der Waals surface area contributed by atoms with E-state index in [1.54, 1.807) is 18.0 Å². The highest BCUT2D eigenvalue weighted by molar-refractivity contribution is 7.09. The number of benzene rings is 1. The number of hydrogen-bond donors (Lipinski definition) is 1. The van der Waals surface area contributed by atoms with Crippen molar-refractivity contribution in [3.8, 4) is 0 Å². The molecule has 1 fully saturated rings. The Morgan fingerprint density at radius 1 is 1.24 bits per heavy atom. The second kappa shape index (κ2) is 10.4. The predicted molar refractivity (Wildman–Crippen MR) is 110 cm³/mol. The fraction of sp³-hybridized carbons (Fsp3) is 0.476. The van der Waals surface area contributed by atoms with Gasteiger partial charge < -0.3 is 19.7 Å². The third kappa shape index (κ3) is 5.77. The van der Waals surface area contributed by atoms with Crippen LogP contribution in [0.15, 0.2) is 41.9 Å². The van der Waals surface area contributed by atoms with Crippen LogP contribution in [0.4, 0.5) is 4.79 Å². The molecular formula is C21H27N3O4S. The number of nitrogens with one attached hydrogen (secondary N) is 1. The third-order valence-corrected chi connectivity index (χ3v) is 5.87. The largest absolute Gasteiger partial charge is 0.419 e. The van der Waals surface area contributed by atoms with Gasteiger partial charge in [-0.2, -0.15) is 0 Å². The van der Waals surface area contributed by atoms with Crippen molar-refractivity contribution in [1.82, 2.24) is 15.2 Å². The van der Waals surface area contributed by atoms with Crippen LogP contribution in [0.25, 0.3) is 0 Å². The van der Waals surface area contributed by atoms with Crippen molar-refractivity contribution >= 4 is 23.3 Å². The summed E-state index contributed by atoms with van der Waals surface area (Å²) in [7, 11) is 1.44. The number of methoxy groups -OCH3 is 1. The molecule has 1 N–H and O–H groups in total. The number of ether oxygens (including phenoxy) is 2. The first-order chi connectivity index (χ1) is 14.1. The van der Waals surface area contributed by atoms with E-state index in [1.165, 1.54) is 18.4 Å². The smallest absolute Gasteiger partial charge is 0.412 e. The maximum absolute atomic E-state index is 12.9. The van der Waals surface area contributed by atoms with Gasteiger partial charge in [0.1, 0.15) is 5.01 Å². The second-order valence-corrected chi connectivity index (χ2v) is 8.02. The molecule has 1 aliphatic rings. The molecule has 1 aromatic carbocycles. The molecule has 2 heterocycles. The molecule has 7 nitrogen and oxygen atoms in total. The van der Waals surface area contributed by atoms with Gasteiger partial charge in [0.05, 0.1) is 12.0 Å². The molecule has 8 heteroatoms. The lowest BCUT2D eigenvalue weighted by Gasteiger charge is -2.26.